The highest BCUT2D eigenvalue weighted by Crippen LogP contribution is 2.19. The molecule has 2 heterocycles. The van der Waals surface area contributed by atoms with E-state index in [9.17, 15) is 0 Å². The lowest BCUT2D eigenvalue weighted by atomic mass is 10.2. The molecule has 1 aromatic heterocycles. The summed E-state index contributed by atoms with van der Waals surface area (Å²) >= 11 is 0. The van der Waals surface area contributed by atoms with Gasteiger partial charge in [0.05, 0.1) is 26.4 Å². The Balaban J connectivity index is 2.05. The molecule has 1 aliphatic rings. The van der Waals surface area contributed by atoms with Gasteiger partial charge in [0, 0.05) is 19.2 Å². The molecule has 0 radical (unpaired) electrons. The average molecular weight is 266 g/mol. The van der Waals surface area contributed by atoms with Crippen molar-refractivity contribution in [3.63, 3.8) is 0 Å². The Hall–Kier alpha value is -1.40. The van der Waals surface area contributed by atoms with Crippen molar-refractivity contribution in [1.29, 1.82) is 0 Å². The number of nitrogens with zero attached hydrogens (tertiary/aromatic N) is 3. The van der Waals surface area contributed by atoms with E-state index in [1.807, 2.05) is 6.07 Å². The van der Waals surface area contributed by atoms with Gasteiger partial charge in [-0.15, -0.1) is 0 Å². The van der Waals surface area contributed by atoms with Crippen molar-refractivity contribution in [3.05, 3.63) is 12.4 Å². The number of rotatable bonds is 6. The molecule has 0 aromatic carbocycles. The molecule has 6 nitrogen and oxygen atoms in total. The van der Waals surface area contributed by atoms with Crippen LogP contribution < -0.4 is 15.0 Å². The molecule has 0 bridgehead atoms. The highest BCUT2D eigenvalue weighted by Gasteiger charge is 2.24. The van der Waals surface area contributed by atoms with Crippen LogP contribution in [0.3, 0.4) is 0 Å². The molecular formula is C13H22N4O2. The Morgan fingerprint density at radius 2 is 2.42 bits per heavy atom. The van der Waals surface area contributed by atoms with Gasteiger partial charge in [0.15, 0.2) is 0 Å². The van der Waals surface area contributed by atoms with Gasteiger partial charge in [-0.3, -0.25) is 0 Å². The number of aromatic nitrogens is 2. The number of hydrogen-bond acceptors (Lipinski definition) is 6. The maximum absolute atomic E-state index is 5.56. The Labute approximate surface area is 114 Å². The minimum absolute atomic E-state index is 0.305. The summed E-state index contributed by atoms with van der Waals surface area (Å²) in [5, 5.41) is 3.44. The van der Waals surface area contributed by atoms with Crippen molar-refractivity contribution in [2.45, 2.75) is 19.4 Å². The average Bonchev–Trinajstić information content (AvgIpc) is 2.48. The predicted octanol–water partition coefficient (Wildman–Crippen LogP) is 0.690. The van der Waals surface area contributed by atoms with Gasteiger partial charge in [0.25, 0.3) is 0 Å². The van der Waals surface area contributed by atoms with Gasteiger partial charge >= 0.3 is 0 Å². The first-order valence-corrected chi connectivity index (χ1v) is 6.76. The zero-order chi connectivity index (χ0) is 13.5. The Morgan fingerprint density at radius 1 is 1.53 bits per heavy atom. The van der Waals surface area contributed by atoms with Crippen molar-refractivity contribution >= 4 is 5.82 Å². The van der Waals surface area contributed by atoms with E-state index in [1.54, 1.807) is 13.4 Å². The van der Waals surface area contributed by atoms with Crippen molar-refractivity contribution < 1.29 is 9.47 Å². The number of nitrogens with one attached hydrogen (secondary N) is 1. The summed E-state index contributed by atoms with van der Waals surface area (Å²) in [6, 6.07) is 2.18. The fraction of sp³-hybridized carbons (Fsp3) is 0.692. The molecule has 19 heavy (non-hydrogen) atoms. The van der Waals surface area contributed by atoms with Crippen LogP contribution in [0.2, 0.25) is 0 Å². The van der Waals surface area contributed by atoms with Crippen molar-refractivity contribution in [2.75, 3.05) is 44.9 Å². The molecule has 1 aliphatic heterocycles. The molecule has 0 aliphatic carbocycles. The third-order valence-electron chi connectivity index (χ3n) is 3.17. The van der Waals surface area contributed by atoms with E-state index < -0.39 is 0 Å². The van der Waals surface area contributed by atoms with Gasteiger partial charge in [-0.1, -0.05) is 6.92 Å². The molecular weight excluding hydrogens is 244 g/mol. The van der Waals surface area contributed by atoms with Crippen LogP contribution in [0.1, 0.15) is 13.3 Å². The molecule has 0 saturated carbocycles. The van der Waals surface area contributed by atoms with Crippen molar-refractivity contribution in [3.8, 4) is 5.88 Å². The van der Waals surface area contributed by atoms with E-state index >= 15 is 0 Å². The highest BCUT2D eigenvalue weighted by molar-refractivity contribution is 5.42. The number of anilines is 1. The van der Waals surface area contributed by atoms with Crippen LogP contribution in [-0.2, 0) is 4.74 Å². The summed E-state index contributed by atoms with van der Waals surface area (Å²) < 4.78 is 10.7. The van der Waals surface area contributed by atoms with Crippen molar-refractivity contribution in [1.82, 2.24) is 15.3 Å². The van der Waals surface area contributed by atoms with Gasteiger partial charge in [-0.2, -0.15) is 0 Å². The topological polar surface area (TPSA) is 59.5 Å². The predicted molar refractivity (Wildman–Crippen MR) is 73.7 cm³/mol. The van der Waals surface area contributed by atoms with Gasteiger partial charge in [-0.25, -0.2) is 9.97 Å². The van der Waals surface area contributed by atoms with E-state index in [0.29, 0.717) is 11.9 Å². The molecule has 6 heteroatoms. The maximum atomic E-state index is 5.56. The molecule has 1 unspecified atom stereocenters. The molecule has 1 N–H and O–H groups in total. The van der Waals surface area contributed by atoms with Crippen LogP contribution in [0.25, 0.3) is 0 Å². The van der Waals surface area contributed by atoms with Gasteiger partial charge in [0.2, 0.25) is 5.88 Å². The third kappa shape index (κ3) is 3.78. The normalized spacial score (nSPS) is 19.5. The van der Waals surface area contributed by atoms with Crippen molar-refractivity contribution in [2.24, 2.45) is 0 Å². The van der Waals surface area contributed by atoms with Gasteiger partial charge in [0.1, 0.15) is 12.1 Å². The van der Waals surface area contributed by atoms with Crippen LogP contribution >= 0.6 is 0 Å². The van der Waals surface area contributed by atoms with Crippen LogP contribution in [0.4, 0.5) is 5.82 Å². The SMILES string of the molecule is CCCNCC1COCCN1c1cc(OC)ncn1. The Bertz CT molecular complexity index is 389. The second kappa shape index (κ2) is 7.25. The second-order valence-electron chi connectivity index (χ2n) is 4.54. The summed E-state index contributed by atoms with van der Waals surface area (Å²) in [5.41, 5.74) is 0. The first kappa shape index (κ1) is 14.0. The summed E-state index contributed by atoms with van der Waals surface area (Å²) in [6.45, 7) is 6.40. The third-order valence-corrected chi connectivity index (χ3v) is 3.17. The highest BCUT2D eigenvalue weighted by atomic mass is 16.5. The van der Waals surface area contributed by atoms with Crippen LogP contribution in [0, 0.1) is 0 Å². The first-order chi connectivity index (χ1) is 9.35. The standard InChI is InChI=1S/C13H22N4O2/c1-3-4-14-8-11-9-19-6-5-17(11)12-7-13(18-2)16-10-15-12/h7,10-11,14H,3-6,8-9H2,1-2H3. The minimum Gasteiger partial charge on any atom is -0.481 e. The van der Waals surface area contributed by atoms with E-state index in [1.165, 1.54) is 0 Å². The lowest BCUT2D eigenvalue weighted by molar-refractivity contribution is 0.0933. The summed E-state index contributed by atoms with van der Waals surface area (Å²) in [5.74, 6) is 1.50. The summed E-state index contributed by atoms with van der Waals surface area (Å²) in [6.07, 6.45) is 2.68. The van der Waals surface area contributed by atoms with E-state index in [-0.39, 0.29) is 0 Å². The van der Waals surface area contributed by atoms with E-state index in [2.05, 4.69) is 27.1 Å². The summed E-state index contributed by atoms with van der Waals surface area (Å²) in [4.78, 5) is 10.6. The Kier molecular flexibility index (Phi) is 5.35. The molecule has 1 fully saturated rings. The zero-order valence-electron chi connectivity index (χ0n) is 11.6. The number of ether oxygens (including phenoxy) is 2. The minimum atomic E-state index is 0.305. The van der Waals surface area contributed by atoms with Gasteiger partial charge in [-0.05, 0) is 13.0 Å². The van der Waals surface area contributed by atoms with Gasteiger partial charge < -0.3 is 19.7 Å². The fourth-order valence-corrected chi connectivity index (χ4v) is 2.17. The lowest BCUT2D eigenvalue weighted by Crippen LogP contribution is -2.51. The molecule has 1 aromatic rings. The Morgan fingerprint density at radius 3 is 3.21 bits per heavy atom. The fourth-order valence-electron chi connectivity index (χ4n) is 2.17. The number of hydrogen-bond donors (Lipinski definition) is 1. The first-order valence-electron chi connectivity index (χ1n) is 6.76. The van der Waals surface area contributed by atoms with Crippen LogP contribution in [0.5, 0.6) is 5.88 Å². The van der Waals surface area contributed by atoms with Crippen LogP contribution in [-0.4, -0.2) is 56.0 Å². The molecule has 1 saturated heterocycles. The van der Waals surface area contributed by atoms with Crippen LogP contribution in [0.15, 0.2) is 12.4 Å². The van der Waals surface area contributed by atoms with E-state index in [4.69, 9.17) is 9.47 Å². The quantitative estimate of drug-likeness (QED) is 0.765. The largest absolute Gasteiger partial charge is 0.481 e. The monoisotopic (exact) mass is 266 g/mol. The zero-order valence-corrected chi connectivity index (χ0v) is 11.6. The lowest BCUT2D eigenvalue weighted by Gasteiger charge is -2.36. The second-order valence-corrected chi connectivity index (χ2v) is 4.54. The number of methoxy groups -OCH3 is 1. The smallest absolute Gasteiger partial charge is 0.218 e. The maximum Gasteiger partial charge on any atom is 0.218 e. The van der Waals surface area contributed by atoms with E-state index in [0.717, 1.165) is 45.1 Å². The molecule has 0 amide bonds. The number of morpholine rings is 1. The summed E-state index contributed by atoms with van der Waals surface area (Å²) in [7, 11) is 1.62. The molecule has 2 rings (SSSR count). The molecule has 106 valence electrons. The molecule has 1 atom stereocenters. The molecule has 0 spiro atoms.